The Balaban J connectivity index is 3.03. The summed E-state index contributed by atoms with van der Waals surface area (Å²) in [6.07, 6.45) is 1.50. The molecule has 0 aliphatic rings. The van der Waals surface area contributed by atoms with Crippen LogP contribution in [-0.2, 0) is 0 Å². The van der Waals surface area contributed by atoms with Gasteiger partial charge in [-0.3, -0.25) is 10.1 Å². The summed E-state index contributed by atoms with van der Waals surface area (Å²) in [6, 6.07) is 5.28. The standard InChI is InChI=1S/C10H10BrNO3/c1-7(12(13)14)5-8-3-4-10(15-2)9(11)6-8/h3-6H,1-2H3/b7-5-. The molecule has 0 fully saturated rings. The van der Waals surface area contributed by atoms with Crippen molar-refractivity contribution in [2.45, 2.75) is 6.92 Å². The van der Waals surface area contributed by atoms with Crippen LogP contribution >= 0.6 is 15.9 Å². The van der Waals surface area contributed by atoms with Crippen LogP contribution in [0.5, 0.6) is 5.75 Å². The van der Waals surface area contributed by atoms with Gasteiger partial charge in [-0.15, -0.1) is 0 Å². The Morgan fingerprint density at radius 1 is 1.60 bits per heavy atom. The number of hydrogen-bond donors (Lipinski definition) is 0. The fraction of sp³-hybridized carbons (Fsp3) is 0.200. The van der Waals surface area contributed by atoms with E-state index in [1.165, 1.54) is 13.0 Å². The summed E-state index contributed by atoms with van der Waals surface area (Å²) >= 11 is 3.31. The molecule has 0 heterocycles. The third-order valence-electron chi connectivity index (χ3n) is 1.84. The largest absolute Gasteiger partial charge is 0.496 e. The molecule has 0 N–H and O–H groups in total. The van der Waals surface area contributed by atoms with Crippen molar-refractivity contribution in [3.05, 3.63) is 44.0 Å². The van der Waals surface area contributed by atoms with E-state index in [0.29, 0.717) is 5.75 Å². The van der Waals surface area contributed by atoms with Crippen LogP contribution in [0, 0.1) is 10.1 Å². The lowest BCUT2D eigenvalue weighted by Crippen LogP contribution is -1.93. The third-order valence-corrected chi connectivity index (χ3v) is 2.46. The van der Waals surface area contributed by atoms with Gasteiger partial charge in [0.25, 0.3) is 0 Å². The predicted octanol–water partition coefficient (Wildman–Crippen LogP) is 3.10. The molecular formula is C10H10BrNO3. The fourth-order valence-electron chi connectivity index (χ4n) is 1.07. The molecule has 1 aromatic carbocycles. The first-order valence-electron chi connectivity index (χ1n) is 4.21. The molecule has 0 saturated carbocycles. The van der Waals surface area contributed by atoms with Gasteiger partial charge in [-0.2, -0.15) is 0 Å². The number of benzene rings is 1. The van der Waals surface area contributed by atoms with E-state index in [4.69, 9.17) is 4.74 Å². The number of nitrogens with zero attached hydrogens (tertiary/aromatic N) is 1. The number of hydrogen-bond acceptors (Lipinski definition) is 3. The van der Waals surface area contributed by atoms with Gasteiger partial charge in [0.1, 0.15) is 5.75 Å². The summed E-state index contributed by atoms with van der Waals surface area (Å²) < 4.78 is 5.82. The maximum absolute atomic E-state index is 10.4. The minimum absolute atomic E-state index is 0.104. The Bertz CT molecular complexity index is 415. The molecule has 80 valence electrons. The number of allylic oxidation sites excluding steroid dienone is 1. The van der Waals surface area contributed by atoms with Crippen LogP contribution in [0.1, 0.15) is 12.5 Å². The van der Waals surface area contributed by atoms with Gasteiger partial charge in [0.2, 0.25) is 5.70 Å². The van der Waals surface area contributed by atoms with Crippen LogP contribution in [0.3, 0.4) is 0 Å². The molecule has 0 amide bonds. The topological polar surface area (TPSA) is 52.4 Å². The van der Waals surface area contributed by atoms with Crippen molar-refractivity contribution in [3.63, 3.8) is 0 Å². The van der Waals surface area contributed by atoms with Gasteiger partial charge in [-0.05, 0) is 33.6 Å². The number of nitro groups is 1. The Morgan fingerprint density at radius 2 is 2.27 bits per heavy atom. The van der Waals surface area contributed by atoms with Crippen LogP contribution < -0.4 is 4.74 Å². The normalized spacial score (nSPS) is 11.3. The monoisotopic (exact) mass is 271 g/mol. The van der Waals surface area contributed by atoms with E-state index in [0.717, 1.165) is 10.0 Å². The van der Waals surface area contributed by atoms with Crippen molar-refractivity contribution in [3.8, 4) is 5.75 Å². The average molecular weight is 272 g/mol. The summed E-state index contributed by atoms with van der Waals surface area (Å²) in [5.74, 6) is 0.700. The molecule has 0 aliphatic carbocycles. The SMILES string of the molecule is COc1ccc(/C=C(/C)[N+](=O)[O-])cc1Br. The molecule has 15 heavy (non-hydrogen) atoms. The van der Waals surface area contributed by atoms with E-state index in [1.54, 1.807) is 25.3 Å². The molecule has 0 aliphatic heterocycles. The fourth-order valence-corrected chi connectivity index (χ4v) is 1.62. The molecule has 0 aromatic heterocycles. The van der Waals surface area contributed by atoms with Gasteiger partial charge < -0.3 is 4.74 Å². The molecule has 1 aromatic rings. The first-order chi connectivity index (χ1) is 7.04. The molecule has 0 unspecified atom stereocenters. The first-order valence-corrected chi connectivity index (χ1v) is 5.00. The second-order valence-electron chi connectivity index (χ2n) is 2.94. The highest BCUT2D eigenvalue weighted by molar-refractivity contribution is 9.10. The van der Waals surface area contributed by atoms with Crippen molar-refractivity contribution in [1.82, 2.24) is 0 Å². The molecule has 0 spiro atoms. The average Bonchev–Trinajstić information content (AvgIpc) is 2.18. The highest BCUT2D eigenvalue weighted by Gasteiger charge is 2.04. The smallest absolute Gasteiger partial charge is 0.243 e. The number of halogens is 1. The number of rotatable bonds is 3. The van der Waals surface area contributed by atoms with Crippen LogP contribution in [-0.4, -0.2) is 12.0 Å². The Labute approximate surface area is 95.8 Å². The summed E-state index contributed by atoms with van der Waals surface area (Å²) in [6.45, 7) is 1.46. The van der Waals surface area contributed by atoms with Crippen LogP contribution in [0.15, 0.2) is 28.4 Å². The van der Waals surface area contributed by atoms with Crippen LogP contribution in [0.2, 0.25) is 0 Å². The Hall–Kier alpha value is -1.36. The molecule has 0 bridgehead atoms. The highest BCUT2D eigenvalue weighted by Crippen LogP contribution is 2.26. The minimum Gasteiger partial charge on any atom is -0.496 e. The second-order valence-corrected chi connectivity index (χ2v) is 3.79. The minimum atomic E-state index is -0.419. The lowest BCUT2D eigenvalue weighted by Gasteiger charge is -2.03. The van der Waals surface area contributed by atoms with E-state index >= 15 is 0 Å². The summed E-state index contributed by atoms with van der Waals surface area (Å²) in [4.78, 5) is 9.99. The summed E-state index contributed by atoms with van der Waals surface area (Å²) in [5.41, 5.74) is 0.865. The molecule has 0 saturated heterocycles. The maximum atomic E-state index is 10.4. The molecule has 1 rings (SSSR count). The molecule has 4 nitrogen and oxygen atoms in total. The Kier molecular flexibility index (Phi) is 3.85. The molecule has 0 radical (unpaired) electrons. The maximum Gasteiger partial charge on any atom is 0.243 e. The van der Waals surface area contributed by atoms with Crippen molar-refractivity contribution < 1.29 is 9.66 Å². The highest BCUT2D eigenvalue weighted by atomic mass is 79.9. The van der Waals surface area contributed by atoms with Gasteiger partial charge in [-0.25, -0.2) is 0 Å². The number of methoxy groups -OCH3 is 1. The molecule has 5 heteroatoms. The predicted molar refractivity (Wildman–Crippen MR) is 61.3 cm³/mol. The lowest BCUT2D eigenvalue weighted by atomic mass is 10.2. The zero-order chi connectivity index (χ0) is 11.4. The van der Waals surface area contributed by atoms with E-state index < -0.39 is 4.92 Å². The van der Waals surface area contributed by atoms with Crippen molar-refractivity contribution >= 4 is 22.0 Å². The molecular weight excluding hydrogens is 262 g/mol. The first kappa shape index (κ1) is 11.7. The van der Waals surface area contributed by atoms with Gasteiger partial charge in [0.05, 0.1) is 16.5 Å². The van der Waals surface area contributed by atoms with E-state index in [-0.39, 0.29) is 5.70 Å². The summed E-state index contributed by atoms with van der Waals surface area (Å²) in [7, 11) is 1.57. The van der Waals surface area contributed by atoms with E-state index in [1.807, 2.05) is 0 Å². The van der Waals surface area contributed by atoms with E-state index in [2.05, 4.69) is 15.9 Å². The zero-order valence-electron chi connectivity index (χ0n) is 8.36. The quantitative estimate of drug-likeness (QED) is 0.627. The van der Waals surface area contributed by atoms with Crippen LogP contribution in [0.4, 0.5) is 0 Å². The van der Waals surface area contributed by atoms with Gasteiger partial charge in [0, 0.05) is 13.0 Å². The van der Waals surface area contributed by atoms with Crippen molar-refractivity contribution in [2.75, 3.05) is 7.11 Å². The van der Waals surface area contributed by atoms with Crippen molar-refractivity contribution in [1.29, 1.82) is 0 Å². The van der Waals surface area contributed by atoms with Gasteiger partial charge in [0.15, 0.2) is 0 Å². The number of ether oxygens (including phenoxy) is 1. The van der Waals surface area contributed by atoms with Crippen molar-refractivity contribution in [2.24, 2.45) is 0 Å². The second kappa shape index (κ2) is 4.93. The zero-order valence-corrected chi connectivity index (χ0v) is 9.95. The van der Waals surface area contributed by atoms with Gasteiger partial charge in [-0.1, -0.05) is 6.07 Å². The van der Waals surface area contributed by atoms with E-state index in [9.17, 15) is 10.1 Å². The third kappa shape index (κ3) is 3.06. The summed E-state index contributed by atoms with van der Waals surface area (Å²) in [5, 5.41) is 10.4. The molecule has 0 atom stereocenters. The Morgan fingerprint density at radius 3 is 2.73 bits per heavy atom. The van der Waals surface area contributed by atoms with Crippen LogP contribution in [0.25, 0.3) is 6.08 Å². The lowest BCUT2D eigenvalue weighted by molar-refractivity contribution is -0.422. The van der Waals surface area contributed by atoms with Gasteiger partial charge >= 0.3 is 0 Å².